The monoisotopic (exact) mass is 221 g/mol. The van der Waals surface area contributed by atoms with Crippen LogP contribution >= 0.6 is 0 Å². The lowest BCUT2D eigenvalue weighted by molar-refractivity contribution is 0.0679. The number of aromatic nitrogens is 1. The molecule has 3 nitrogen and oxygen atoms in total. The fourth-order valence-electron chi connectivity index (χ4n) is 2.78. The van der Waals surface area contributed by atoms with Gasteiger partial charge in [-0.2, -0.15) is 0 Å². The second-order valence-corrected chi connectivity index (χ2v) is 4.70. The average molecular weight is 221 g/mol. The van der Waals surface area contributed by atoms with Crippen molar-refractivity contribution in [3.05, 3.63) is 24.0 Å². The van der Waals surface area contributed by atoms with Crippen molar-refractivity contribution in [2.45, 2.75) is 45.1 Å². The minimum atomic E-state index is -0.816. The Kier molecular flexibility index (Phi) is 3.32. The molecule has 2 unspecified atom stereocenters. The second kappa shape index (κ2) is 4.73. The summed E-state index contributed by atoms with van der Waals surface area (Å²) in [5.41, 5.74) is 0.432. The molecule has 1 aromatic rings. The van der Waals surface area contributed by atoms with Crippen molar-refractivity contribution in [2.75, 3.05) is 0 Å². The van der Waals surface area contributed by atoms with Crippen molar-refractivity contribution in [3.63, 3.8) is 0 Å². The summed E-state index contributed by atoms with van der Waals surface area (Å²) in [7, 11) is 0. The van der Waals surface area contributed by atoms with Crippen molar-refractivity contribution >= 4 is 5.97 Å². The minimum Gasteiger partial charge on any atom is -0.477 e. The summed E-state index contributed by atoms with van der Waals surface area (Å²) in [4.78, 5) is 11.1. The standard InChI is InChI=1S/C13H19NO2/c1-2-10-5-3-6-11(9-10)14-8-4-7-12(14)13(15)16/h4,7-8,10-11H,2-3,5-6,9H2,1H3,(H,15,16). The van der Waals surface area contributed by atoms with Gasteiger partial charge in [-0.1, -0.05) is 26.2 Å². The van der Waals surface area contributed by atoms with E-state index in [-0.39, 0.29) is 0 Å². The Balaban J connectivity index is 2.16. The molecule has 1 aromatic heterocycles. The SMILES string of the molecule is CCC1CCCC(n2cccc2C(=O)O)C1. The summed E-state index contributed by atoms with van der Waals surface area (Å²) in [6.45, 7) is 2.22. The van der Waals surface area contributed by atoms with Gasteiger partial charge in [0.25, 0.3) is 0 Å². The van der Waals surface area contributed by atoms with Gasteiger partial charge in [-0.05, 0) is 30.9 Å². The predicted octanol–water partition coefficient (Wildman–Crippen LogP) is 3.33. The Labute approximate surface area is 96.1 Å². The van der Waals surface area contributed by atoms with Crippen molar-refractivity contribution in [2.24, 2.45) is 5.92 Å². The number of hydrogen-bond acceptors (Lipinski definition) is 1. The molecule has 3 heteroatoms. The highest BCUT2D eigenvalue weighted by atomic mass is 16.4. The smallest absolute Gasteiger partial charge is 0.352 e. The molecule has 0 saturated heterocycles. The third kappa shape index (κ3) is 2.13. The van der Waals surface area contributed by atoms with E-state index in [1.165, 1.54) is 19.3 Å². The molecule has 1 aliphatic carbocycles. The van der Waals surface area contributed by atoms with Gasteiger partial charge in [0.2, 0.25) is 0 Å². The maximum absolute atomic E-state index is 11.1. The topological polar surface area (TPSA) is 42.2 Å². The zero-order valence-corrected chi connectivity index (χ0v) is 9.72. The molecule has 0 spiro atoms. The number of hydrogen-bond donors (Lipinski definition) is 1. The molecule has 1 fully saturated rings. The highest BCUT2D eigenvalue weighted by molar-refractivity contribution is 5.85. The largest absolute Gasteiger partial charge is 0.477 e. The van der Waals surface area contributed by atoms with Gasteiger partial charge in [0.1, 0.15) is 5.69 Å². The van der Waals surface area contributed by atoms with Crippen molar-refractivity contribution in [1.82, 2.24) is 4.57 Å². The van der Waals surface area contributed by atoms with E-state index >= 15 is 0 Å². The fourth-order valence-corrected chi connectivity index (χ4v) is 2.78. The van der Waals surface area contributed by atoms with E-state index in [9.17, 15) is 4.79 Å². The molecule has 16 heavy (non-hydrogen) atoms. The first kappa shape index (κ1) is 11.2. The van der Waals surface area contributed by atoms with E-state index < -0.39 is 5.97 Å². The molecule has 0 aliphatic heterocycles. The zero-order valence-electron chi connectivity index (χ0n) is 9.72. The summed E-state index contributed by atoms with van der Waals surface area (Å²) in [5.74, 6) is -0.0496. The van der Waals surface area contributed by atoms with Gasteiger partial charge in [-0.15, -0.1) is 0 Å². The van der Waals surface area contributed by atoms with Crippen LogP contribution in [-0.2, 0) is 0 Å². The molecular formula is C13H19NO2. The van der Waals surface area contributed by atoms with Crippen LogP contribution in [0.4, 0.5) is 0 Å². The molecule has 2 atom stereocenters. The quantitative estimate of drug-likeness (QED) is 0.850. The van der Waals surface area contributed by atoms with Crippen LogP contribution in [-0.4, -0.2) is 15.6 Å². The molecule has 0 amide bonds. The molecule has 0 bridgehead atoms. The Bertz CT molecular complexity index is 370. The van der Waals surface area contributed by atoms with Gasteiger partial charge in [-0.3, -0.25) is 0 Å². The lowest BCUT2D eigenvalue weighted by Crippen LogP contribution is -2.21. The van der Waals surface area contributed by atoms with E-state index in [0.29, 0.717) is 11.7 Å². The van der Waals surface area contributed by atoms with Gasteiger partial charge in [0, 0.05) is 12.2 Å². The second-order valence-electron chi connectivity index (χ2n) is 4.70. The summed E-state index contributed by atoms with van der Waals surface area (Å²) in [6.07, 6.45) is 7.89. The van der Waals surface area contributed by atoms with Gasteiger partial charge in [-0.25, -0.2) is 4.79 Å². The van der Waals surface area contributed by atoms with E-state index in [0.717, 1.165) is 18.8 Å². The first-order valence-electron chi connectivity index (χ1n) is 6.12. The summed E-state index contributed by atoms with van der Waals surface area (Å²) >= 11 is 0. The summed E-state index contributed by atoms with van der Waals surface area (Å²) < 4.78 is 1.95. The van der Waals surface area contributed by atoms with Crippen LogP contribution < -0.4 is 0 Å². The van der Waals surface area contributed by atoms with E-state index in [2.05, 4.69) is 6.92 Å². The number of carboxylic acid groups (broad SMARTS) is 1. The van der Waals surface area contributed by atoms with Crippen molar-refractivity contribution in [1.29, 1.82) is 0 Å². The first-order valence-corrected chi connectivity index (χ1v) is 6.12. The normalized spacial score (nSPS) is 25.6. The van der Waals surface area contributed by atoms with Crippen LogP contribution in [0.5, 0.6) is 0 Å². The maximum Gasteiger partial charge on any atom is 0.352 e. The molecule has 1 saturated carbocycles. The first-order chi connectivity index (χ1) is 7.72. The molecule has 1 aliphatic rings. The Morgan fingerprint density at radius 1 is 1.56 bits per heavy atom. The Morgan fingerprint density at radius 3 is 3.06 bits per heavy atom. The van der Waals surface area contributed by atoms with Crippen LogP contribution in [0.25, 0.3) is 0 Å². The van der Waals surface area contributed by atoms with Crippen molar-refractivity contribution in [3.8, 4) is 0 Å². The van der Waals surface area contributed by atoms with Crippen LogP contribution in [0, 0.1) is 5.92 Å². The Morgan fingerprint density at radius 2 is 2.38 bits per heavy atom. The van der Waals surface area contributed by atoms with Gasteiger partial charge >= 0.3 is 5.97 Å². The van der Waals surface area contributed by atoms with Crippen molar-refractivity contribution < 1.29 is 9.90 Å². The van der Waals surface area contributed by atoms with Gasteiger partial charge < -0.3 is 9.67 Å². The van der Waals surface area contributed by atoms with E-state index in [1.54, 1.807) is 6.07 Å². The van der Waals surface area contributed by atoms with Gasteiger partial charge in [0.05, 0.1) is 0 Å². The molecule has 1 N–H and O–H groups in total. The van der Waals surface area contributed by atoms with Crippen LogP contribution in [0.15, 0.2) is 18.3 Å². The molecule has 1 heterocycles. The average Bonchev–Trinajstić information content (AvgIpc) is 2.78. The number of carbonyl (C=O) groups is 1. The molecule has 88 valence electrons. The van der Waals surface area contributed by atoms with Crippen LogP contribution in [0.1, 0.15) is 55.6 Å². The minimum absolute atomic E-state index is 0.389. The number of aromatic carboxylic acids is 1. The summed E-state index contributed by atoms with van der Waals surface area (Å²) in [6, 6.07) is 3.91. The zero-order chi connectivity index (χ0) is 11.5. The maximum atomic E-state index is 11.1. The van der Waals surface area contributed by atoms with E-state index in [1.807, 2.05) is 16.8 Å². The third-order valence-corrected chi connectivity index (χ3v) is 3.72. The number of rotatable bonds is 3. The number of carboxylic acids is 1. The Hall–Kier alpha value is -1.25. The summed E-state index contributed by atoms with van der Waals surface area (Å²) in [5, 5.41) is 9.09. The van der Waals surface area contributed by atoms with E-state index in [4.69, 9.17) is 5.11 Å². The highest BCUT2D eigenvalue weighted by Crippen LogP contribution is 2.34. The molecule has 2 rings (SSSR count). The van der Waals surface area contributed by atoms with Crippen LogP contribution in [0.3, 0.4) is 0 Å². The van der Waals surface area contributed by atoms with Crippen LogP contribution in [0.2, 0.25) is 0 Å². The van der Waals surface area contributed by atoms with Gasteiger partial charge in [0.15, 0.2) is 0 Å². The fraction of sp³-hybridized carbons (Fsp3) is 0.615. The molecule has 0 radical (unpaired) electrons. The predicted molar refractivity (Wildman–Crippen MR) is 62.7 cm³/mol. The third-order valence-electron chi connectivity index (χ3n) is 3.72. The molecular weight excluding hydrogens is 202 g/mol. The lowest BCUT2D eigenvalue weighted by Gasteiger charge is -2.30. The highest BCUT2D eigenvalue weighted by Gasteiger charge is 2.24. The molecule has 0 aromatic carbocycles. The number of nitrogens with zero attached hydrogens (tertiary/aromatic N) is 1. The lowest BCUT2D eigenvalue weighted by atomic mass is 9.84.